The molecule has 0 aliphatic carbocycles. The average molecular weight is 341 g/mol. The van der Waals surface area contributed by atoms with Gasteiger partial charge in [-0.2, -0.15) is 0 Å². The summed E-state index contributed by atoms with van der Waals surface area (Å²) in [6.45, 7) is 1.00. The summed E-state index contributed by atoms with van der Waals surface area (Å²) in [5.74, 6) is -0.970. The molecule has 0 aromatic heterocycles. The van der Waals surface area contributed by atoms with Gasteiger partial charge in [-0.3, -0.25) is 20.4 Å². The van der Waals surface area contributed by atoms with Crippen molar-refractivity contribution in [2.24, 2.45) is 0 Å². The van der Waals surface area contributed by atoms with E-state index in [-0.39, 0.29) is 30.6 Å². The van der Waals surface area contributed by atoms with Crippen LogP contribution in [0, 0.1) is 5.82 Å². The fraction of sp³-hybridized carbons (Fsp3) is 0.263. The number of nitrogens with zero attached hydrogens (tertiary/aromatic N) is 1. The molecule has 0 saturated heterocycles. The van der Waals surface area contributed by atoms with E-state index >= 15 is 0 Å². The molecular formula is C19H20FN3O2. The lowest BCUT2D eigenvalue weighted by atomic mass is 10.0. The van der Waals surface area contributed by atoms with E-state index in [1.807, 2.05) is 23.1 Å². The highest BCUT2D eigenvalue weighted by atomic mass is 19.1. The first kappa shape index (κ1) is 17.0. The van der Waals surface area contributed by atoms with Crippen LogP contribution in [0.2, 0.25) is 0 Å². The maximum absolute atomic E-state index is 12.8. The molecule has 2 aromatic carbocycles. The Hall–Kier alpha value is -2.89. The van der Waals surface area contributed by atoms with Crippen molar-refractivity contribution in [2.75, 3.05) is 18.0 Å². The van der Waals surface area contributed by atoms with Crippen molar-refractivity contribution in [1.82, 2.24) is 10.9 Å². The lowest BCUT2D eigenvalue weighted by Crippen LogP contribution is -2.47. The molecule has 3 rings (SSSR count). The van der Waals surface area contributed by atoms with Crippen LogP contribution in [-0.2, 0) is 22.4 Å². The Morgan fingerprint density at radius 2 is 1.72 bits per heavy atom. The minimum Gasteiger partial charge on any atom is -0.362 e. The van der Waals surface area contributed by atoms with Crippen molar-refractivity contribution in [3.63, 3.8) is 0 Å². The Bertz CT molecular complexity index is 762. The summed E-state index contributed by atoms with van der Waals surface area (Å²) in [5, 5.41) is 0. The van der Waals surface area contributed by atoms with E-state index in [0.29, 0.717) is 5.56 Å². The van der Waals surface area contributed by atoms with Crippen molar-refractivity contribution < 1.29 is 14.0 Å². The molecule has 1 heterocycles. The van der Waals surface area contributed by atoms with E-state index in [0.717, 1.165) is 25.1 Å². The van der Waals surface area contributed by atoms with E-state index in [2.05, 4.69) is 16.9 Å². The normalized spacial score (nSPS) is 13.1. The van der Waals surface area contributed by atoms with Gasteiger partial charge in [0.2, 0.25) is 5.91 Å². The fourth-order valence-corrected chi connectivity index (χ4v) is 2.96. The molecule has 1 aliphatic heterocycles. The first-order valence-electron chi connectivity index (χ1n) is 8.27. The molecule has 0 saturated carbocycles. The Labute approximate surface area is 145 Å². The van der Waals surface area contributed by atoms with Crippen LogP contribution >= 0.6 is 0 Å². The molecule has 25 heavy (non-hydrogen) atoms. The number of rotatable bonds is 4. The van der Waals surface area contributed by atoms with Gasteiger partial charge in [-0.05, 0) is 42.2 Å². The molecule has 2 N–H and O–H groups in total. The number of hydrazine groups is 1. The Kier molecular flexibility index (Phi) is 5.28. The summed E-state index contributed by atoms with van der Waals surface area (Å²) in [4.78, 5) is 26.0. The lowest BCUT2D eigenvalue weighted by molar-refractivity contribution is -0.127. The fourth-order valence-electron chi connectivity index (χ4n) is 2.96. The van der Waals surface area contributed by atoms with Gasteiger partial charge < -0.3 is 4.90 Å². The van der Waals surface area contributed by atoms with Crippen molar-refractivity contribution in [3.8, 4) is 0 Å². The number of hydrogen-bond donors (Lipinski definition) is 2. The minimum absolute atomic E-state index is 0.0765. The zero-order chi connectivity index (χ0) is 17.6. The zero-order valence-electron chi connectivity index (χ0n) is 13.8. The SMILES string of the molecule is O=C(Cc1ccc(F)cc1)NNC(=O)CN1CCCc2ccccc21. The van der Waals surface area contributed by atoms with Gasteiger partial charge in [0.15, 0.2) is 0 Å². The molecule has 0 fully saturated rings. The summed E-state index contributed by atoms with van der Waals surface area (Å²) in [7, 11) is 0. The van der Waals surface area contributed by atoms with Crippen LogP contribution in [0.1, 0.15) is 17.5 Å². The number of carbonyl (C=O) groups is 2. The van der Waals surface area contributed by atoms with Gasteiger partial charge in [0.05, 0.1) is 13.0 Å². The molecule has 6 heteroatoms. The second-order valence-corrected chi connectivity index (χ2v) is 6.05. The van der Waals surface area contributed by atoms with Gasteiger partial charge in [-0.25, -0.2) is 4.39 Å². The quantitative estimate of drug-likeness (QED) is 0.836. The van der Waals surface area contributed by atoms with Gasteiger partial charge in [0.25, 0.3) is 5.91 Å². The van der Waals surface area contributed by atoms with Crippen molar-refractivity contribution >= 4 is 17.5 Å². The summed E-state index contributed by atoms with van der Waals surface area (Å²) in [5.41, 5.74) is 7.83. The highest BCUT2D eigenvalue weighted by molar-refractivity contribution is 5.86. The number of carbonyl (C=O) groups excluding carboxylic acids is 2. The molecular weight excluding hydrogens is 321 g/mol. The predicted molar refractivity (Wildman–Crippen MR) is 93.4 cm³/mol. The van der Waals surface area contributed by atoms with Crippen LogP contribution in [0.15, 0.2) is 48.5 Å². The summed E-state index contributed by atoms with van der Waals surface area (Å²) in [6, 6.07) is 13.7. The third-order valence-electron chi connectivity index (χ3n) is 4.16. The summed E-state index contributed by atoms with van der Waals surface area (Å²) >= 11 is 0. The highest BCUT2D eigenvalue weighted by Crippen LogP contribution is 2.26. The number of halogens is 1. The predicted octanol–water partition coefficient (Wildman–Crippen LogP) is 1.97. The number of amides is 2. The van der Waals surface area contributed by atoms with Gasteiger partial charge in [-0.1, -0.05) is 30.3 Å². The van der Waals surface area contributed by atoms with Crippen molar-refractivity contribution in [2.45, 2.75) is 19.3 Å². The second kappa shape index (κ2) is 7.79. The van der Waals surface area contributed by atoms with Crippen LogP contribution in [0.5, 0.6) is 0 Å². The lowest BCUT2D eigenvalue weighted by Gasteiger charge is -2.30. The van der Waals surface area contributed by atoms with Crippen LogP contribution in [0.3, 0.4) is 0 Å². The van der Waals surface area contributed by atoms with Gasteiger partial charge in [0.1, 0.15) is 5.82 Å². The van der Waals surface area contributed by atoms with Gasteiger partial charge >= 0.3 is 0 Å². The third-order valence-corrected chi connectivity index (χ3v) is 4.16. The molecule has 0 radical (unpaired) electrons. The molecule has 2 amide bonds. The van der Waals surface area contributed by atoms with Gasteiger partial charge in [-0.15, -0.1) is 0 Å². The van der Waals surface area contributed by atoms with Crippen LogP contribution in [-0.4, -0.2) is 24.9 Å². The first-order chi connectivity index (χ1) is 12.1. The average Bonchev–Trinajstić information content (AvgIpc) is 2.62. The molecule has 0 spiro atoms. The minimum atomic E-state index is -0.348. The number of benzene rings is 2. The van der Waals surface area contributed by atoms with E-state index in [9.17, 15) is 14.0 Å². The van der Waals surface area contributed by atoms with E-state index in [4.69, 9.17) is 0 Å². The Morgan fingerprint density at radius 3 is 2.52 bits per heavy atom. The smallest absolute Gasteiger partial charge is 0.257 e. The zero-order valence-corrected chi connectivity index (χ0v) is 13.8. The van der Waals surface area contributed by atoms with E-state index in [1.54, 1.807) is 12.1 Å². The van der Waals surface area contributed by atoms with Crippen LogP contribution < -0.4 is 15.8 Å². The maximum Gasteiger partial charge on any atom is 0.257 e. The second-order valence-electron chi connectivity index (χ2n) is 6.05. The number of hydrogen-bond acceptors (Lipinski definition) is 3. The topological polar surface area (TPSA) is 61.4 Å². The highest BCUT2D eigenvalue weighted by Gasteiger charge is 2.18. The number of para-hydroxylation sites is 1. The molecule has 130 valence electrons. The number of aryl methyl sites for hydroxylation is 1. The van der Waals surface area contributed by atoms with Crippen LogP contribution in [0.25, 0.3) is 0 Å². The number of nitrogens with one attached hydrogen (secondary N) is 2. The molecule has 0 bridgehead atoms. The number of anilines is 1. The largest absolute Gasteiger partial charge is 0.362 e. The standard InChI is InChI=1S/C19H20FN3O2/c20-16-9-7-14(8-10-16)12-18(24)21-22-19(25)13-23-11-3-5-15-4-1-2-6-17(15)23/h1-2,4,6-10H,3,5,11-13H2,(H,21,24)(H,22,25). The van der Waals surface area contributed by atoms with Gasteiger partial charge in [0, 0.05) is 12.2 Å². The molecule has 0 unspecified atom stereocenters. The van der Waals surface area contributed by atoms with Crippen molar-refractivity contribution in [3.05, 3.63) is 65.5 Å². The third kappa shape index (κ3) is 4.56. The van der Waals surface area contributed by atoms with Crippen molar-refractivity contribution in [1.29, 1.82) is 0 Å². The Morgan fingerprint density at radius 1 is 1.00 bits per heavy atom. The number of fused-ring (bicyclic) bond motifs is 1. The molecule has 5 nitrogen and oxygen atoms in total. The molecule has 0 atom stereocenters. The summed E-state index contributed by atoms with van der Waals surface area (Å²) in [6.07, 6.45) is 2.09. The first-order valence-corrected chi connectivity index (χ1v) is 8.27. The molecule has 1 aliphatic rings. The van der Waals surface area contributed by atoms with E-state index < -0.39 is 0 Å². The van der Waals surface area contributed by atoms with Crippen LogP contribution in [0.4, 0.5) is 10.1 Å². The summed E-state index contributed by atoms with van der Waals surface area (Å²) < 4.78 is 12.8. The maximum atomic E-state index is 12.8. The monoisotopic (exact) mass is 341 g/mol. The molecule has 2 aromatic rings. The van der Waals surface area contributed by atoms with E-state index in [1.165, 1.54) is 17.7 Å². The Balaban J connectivity index is 1.48.